The van der Waals surface area contributed by atoms with Crippen molar-refractivity contribution in [2.45, 2.75) is 28.6 Å². The Hall–Kier alpha value is -3.25. The number of rotatable bonds is 9. The Kier molecular flexibility index (Phi) is 8.59. The van der Waals surface area contributed by atoms with E-state index >= 15 is 0 Å². The first-order chi connectivity index (χ1) is 17.7. The average molecular weight is 540 g/mol. The molecule has 1 aromatic heterocycles. The number of carbonyl (C=O) groups is 2. The van der Waals surface area contributed by atoms with Gasteiger partial charge in [0.2, 0.25) is 21.8 Å². The summed E-state index contributed by atoms with van der Waals surface area (Å²) in [7, 11) is -3.65. The molecule has 4 rings (SSSR count). The van der Waals surface area contributed by atoms with Gasteiger partial charge in [-0.15, -0.1) is 0 Å². The first kappa shape index (κ1) is 26.8. The number of benzene rings is 2. The van der Waals surface area contributed by atoms with Gasteiger partial charge in [0.15, 0.2) is 0 Å². The van der Waals surface area contributed by atoms with Crippen LogP contribution in [0.1, 0.15) is 22.8 Å². The molecule has 0 radical (unpaired) electrons. The van der Waals surface area contributed by atoms with Crippen molar-refractivity contribution >= 4 is 39.3 Å². The summed E-state index contributed by atoms with van der Waals surface area (Å²) in [5.41, 5.74) is 7.34. The summed E-state index contributed by atoms with van der Waals surface area (Å²) in [6.07, 6.45) is 1.35. The second-order valence-corrected chi connectivity index (χ2v) is 12.0. The van der Waals surface area contributed by atoms with Gasteiger partial charge in [-0.1, -0.05) is 42.1 Å². The highest BCUT2D eigenvalue weighted by Crippen LogP contribution is 2.25. The maximum atomic E-state index is 13.1. The lowest BCUT2D eigenvalue weighted by Crippen LogP contribution is -2.48. The predicted molar refractivity (Wildman–Crippen MR) is 144 cm³/mol. The summed E-state index contributed by atoms with van der Waals surface area (Å²) in [6.45, 7) is 4.69. The predicted octanol–water partition coefficient (Wildman–Crippen LogP) is 2.81. The number of pyridine rings is 1. The number of piperazine rings is 1. The topological polar surface area (TPSA) is 126 Å². The van der Waals surface area contributed by atoms with Crippen molar-refractivity contribution in [1.29, 1.82) is 0 Å². The Balaban J connectivity index is 1.30. The Morgan fingerprint density at radius 1 is 1.00 bits per heavy atom. The number of nitrogens with zero attached hydrogens (tertiary/aromatic N) is 3. The van der Waals surface area contributed by atoms with Gasteiger partial charge < -0.3 is 11.1 Å². The van der Waals surface area contributed by atoms with Crippen LogP contribution in [0.25, 0.3) is 0 Å². The van der Waals surface area contributed by atoms with Gasteiger partial charge in [-0.3, -0.25) is 14.5 Å². The van der Waals surface area contributed by atoms with Gasteiger partial charge in [0.25, 0.3) is 0 Å². The Morgan fingerprint density at radius 3 is 2.27 bits per heavy atom. The van der Waals surface area contributed by atoms with E-state index in [1.54, 1.807) is 37.3 Å². The highest BCUT2D eigenvalue weighted by molar-refractivity contribution is 8.00. The first-order valence-electron chi connectivity index (χ1n) is 11.8. The molecule has 0 saturated carbocycles. The Labute approximate surface area is 221 Å². The van der Waals surface area contributed by atoms with Gasteiger partial charge >= 0.3 is 0 Å². The molecular weight excluding hydrogens is 510 g/mol. The fourth-order valence-electron chi connectivity index (χ4n) is 3.90. The van der Waals surface area contributed by atoms with Crippen molar-refractivity contribution in [2.75, 3.05) is 31.5 Å². The number of thioether (sulfide) groups is 1. The Bertz CT molecular complexity index is 1330. The summed E-state index contributed by atoms with van der Waals surface area (Å²) in [5, 5.41) is 2.84. The van der Waals surface area contributed by atoms with Crippen molar-refractivity contribution in [2.24, 2.45) is 5.73 Å². The molecule has 37 heavy (non-hydrogen) atoms. The number of anilines is 1. The zero-order chi connectivity index (χ0) is 26.4. The van der Waals surface area contributed by atoms with Crippen molar-refractivity contribution in [3.63, 3.8) is 0 Å². The molecule has 2 aromatic carbocycles. The molecule has 0 bridgehead atoms. The minimum Gasteiger partial charge on any atom is -0.366 e. The molecule has 194 valence electrons. The zero-order valence-corrected chi connectivity index (χ0v) is 22.0. The molecule has 1 fully saturated rings. The number of primary amides is 1. The maximum Gasteiger partial charge on any atom is 0.248 e. The molecular formula is C26H29N5O4S2. The highest BCUT2D eigenvalue weighted by atomic mass is 32.2. The SMILES string of the molecule is C[C@@H](Sc1ccc(S(=O)(=O)N2CCN(Cc3ccccc3)CC2)cn1)C(=O)Nc1ccc(C(N)=O)cc1. The number of sulfonamides is 1. The van der Waals surface area contributed by atoms with Crippen LogP contribution in [-0.2, 0) is 21.4 Å². The molecule has 0 spiro atoms. The van der Waals surface area contributed by atoms with Crippen molar-refractivity contribution < 1.29 is 18.0 Å². The third-order valence-electron chi connectivity index (χ3n) is 6.03. The van der Waals surface area contributed by atoms with Crippen molar-refractivity contribution in [3.05, 3.63) is 84.1 Å². The molecule has 3 N–H and O–H groups in total. The fraction of sp³-hybridized carbons (Fsp3) is 0.269. The number of nitrogens with one attached hydrogen (secondary N) is 1. The third-order valence-corrected chi connectivity index (χ3v) is 8.96. The lowest BCUT2D eigenvalue weighted by molar-refractivity contribution is -0.115. The molecule has 3 aromatic rings. The van der Waals surface area contributed by atoms with E-state index in [-0.39, 0.29) is 10.8 Å². The quantitative estimate of drug-likeness (QED) is 0.401. The maximum absolute atomic E-state index is 13.1. The van der Waals surface area contributed by atoms with Crippen LogP contribution in [0.15, 0.2) is 82.8 Å². The second-order valence-electron chi connectivity index (χ2n) is 8.69. The summed E-state index contributed by atoms with van der Waals surface area (Å²) < 4.78 is 27.8. The number of carbonyl (C=O) groups excluding carboxylic acids is 2. The van der Waals surface area contributed by atoms with Crippen LogP contribution in [0.4, 0.5) is 5.69 Å². The van der Waals surface area contributed by atoms with Gasteiger partial charge in [0.1, 0.15) is 4.90 Å². The minimum absolute atomic E-state index is 0.139. The van der Waals surface area contributed by atoms with E-state index in [9.17, 15) is 18.0 Å². The summed E-state index contributed by atoms with van der Waals surface area (Å²) in [5.74, 6) is -0.785. The van der Waals surface area contributed by atoms with Crippen LogP contribution in [0.3, 0.4) is 0 Å². The monoisotopic (exact) mass is 539 g/mol. The number of amides is 2. The smallest absolute Gasteiger partial charge is 0.248 e. The number of hydrogen-bond acceptors (Lipinski definition) is 7. The molecule has 1 aliphatic heterocycles. The molecule has 1 aliphatic rings. The standard InChI is InChI=1S/C26H29N5O4S2/c1-19(26(33)29-22-9-7-21(8-10-22)25(27)32)36-24-12-11-23(17-28-24)37(34,35)31-15-13-30(14-16-31)18-20-5-3-2-4-6-20/h2-12,17,19H,13-16,18H2,1H3,(H2,27,32)(H,29,33)/t19-/m1/s1. The van der Waals surface area contributed by atoms with Crippen LogP contribution < -0.4 is 11.1 Å². The van der Waals surface area contributed by atoms with Crippen LogP contribution >= 0.6 is 11.8 Å². The van der Waals surface area contributed by atoms with E-state index in [1.165, 1.54) is 33.9 Å². The summed E-state index contributed by atoms with van der Waals surface area (Å²) in [4.78, 5) is 30.4. The number of hydrogen-bond donors (Lipinski definition) is 2. The van der Waals surface area contributed by atoms with Gasteiger partial charge in [-0.2, -0.15) is 4.31 Å². The lowest BCUT2D eigenvalue weighted by Gasteiger charge is -2.33. The lowest BCUT2D eigenvalue weighted by atomic mass is 10.2. The average Bonchev–Trinajstić information content (AvgIpc) is 2.90. The van der Waals surface area contributed by atoms with Crippen LogP contribution in [0.5, 0.6) is 0 Å². The molecule has 0 aliphatic carbocycles. The summed E-state index contributed by atoms with van der Waals surface area (Å²) in [6, 6.07) is 19.6. The molecule has 0 unspecified atom stereocenters. The largest absolute Gasteiger partial charge is 0.366 e. The molecule has 1 saturated heterocycles. The fourth-order valence-corrected chi connectivity index (χ4v) is 6.06. The van der Waals surface area contributed by atoms with Gasteiger partial charge in [-0.05, 0) is 48.9 Å². The molecule has 2 heterocycles. The van der Waals surface area contributed by atoms with Crippen molar-refractivity contribution in [3.8, 4) is 0 Å². The van der Waals surface area contributed by atoms with Gasteiger partial charge in [0.05, 0.1) is 10.3 Å². The van der Waals surface area contributed by atoms with E-state index < -0.39 is 21.2 Å². The Morgan fingerprint density at radius 2 is 1.68 bits per heavy atom. The molecule has 2 amide bonds. The van der Waals surface area contributed by atoms with Crippen LogP contribution in [0, 0.1) is 0 Å². The highest BCUT2D eigenvalue weighted by Gasteiger charge is 2.29. The first-order valence-corrected chi connectivity index (χ1v) is 14.1. The van der Waals surface area contributed by atoms with Gasteiger partial charge in [-0.25, -0.2) is 13.4 Å². The molecule has 9 nitrogen and oxygen atoms in total. The van der Waals surface area contributed by atoms with E-state index in [2.05, 4.69) is 27.3 Å². The number of nitrogens with two attached hydrogens (primary N) is 1. The van der Waals surface area contributed by atoms with Gasteiger partial charge in [0, 0.05) is 50.2 Å². The van der Waals surface area contributed by atoms with E-state index in [4.69, 9.17) is 5.73 Å². The molecule has 1 atom stereocenters. The number of aromatic nitrogens is 1. The van der Waals surface area contributed by atoms with E-state index in [1.807, 2.05) is 18.2 Å². The van der Waals surface area contributed by atoms with Crippen LogP contribution in [0.2, 0.25) is 0 Å². The van der Waals surface area contributed by atoms with E-state index in [0.717, 1.165) is 6.54 Å². The summed E-state index contributed by atoms with van der Waals surface area (Å²) >= 11 is 1.22. The van der Waals surface area contributed by atoms with E-state index in [0.29, 0.717) is 42.5 Å². The van der Waals surface area contributed by atoms with Crippen LogP contribution in [-0.4, -0.2) is 65.9 Å². The van der Waals surface area contributed by atoms with Crippen molar-refractivity contribution in [1.82, 2.24) is 14.2 Å². The minimum atomic E-state index is -3.65. The normalized spacial score (nSPS) is 15.7. The molecule has 11 heteroatoms. The third kappa shape index (κ3) is 6.95. The second kappa shape index (κ2) is 11.9. The zero-order valence-electron chi connectivity index (χ0n) is 20.4.